The minimum Gasteiger partial charge on any atom is -0.397 e. The maximum Gasteiger partial charge on any atom is 0.263 e. The van der Waals surface area contributed by atoms with Crippen molar-refractivity contribution < 1.29 is 9.59 Å². The van der Waals surface area contributed by atoms with Crippen molar-refractivity contribution in [1.82, 2.24) is 10.6 Å². The summed E-state index contributed by atoms with van der Waals surface area (Å²) in [6, 6.07) is 0.245. The third kappa shape index (κ3) is 3.55. The summed E-state index contributed by atoms with van der Waals surface area (Å²) in [5, 5.41) is 9.14. The summed E-state index contributed by atoms with van der Waals surface area (Å²) in [5.41, 5.74) is 7.48. The lowest BCUT2D eigenvalue weighted by Gasteiger charge is -2.06. The number of nitrogens with one attached hydrogen (secondary N) is 3. The highest BCUT2D eigenvalue weighted by molar-refractivity contribution is 7.19. The lowest BCUT2D eigenvalue weighted by molar-refractivity contribution is 0.0955. The summed E-state index contributed by atoms with van der Waals surface area (Å²) in [4.78, 5) is 24.5. The van der Waals surface area contributed by atoms with Crippen LogP contribution in [0.15, 0.2) is 12.2 Å². The topological polar surface area (TPSA) is 96.2 Å². The van der Waals surface area contributed by atoms with E-state index in [4.69, 9.17) is 5.73 Å². The highest BCUT2D eigenvalue weighted by Crippen LogP contribution is 2.36. The molecule has 1 aromatic heterocycles. The molecule has 7 heteroatoms. The molecule has 5 N–H and O–H groups in total. The van der Waals surface area contributed by atoms with Crippen molar-refractivity contribution in [1.29, 1.82) is 0 Å². The zero-order valence-electron chi connectivity index (χ0n) is 12.2. The Hall–Kier alpha value is -2.02. The second-order valence-corrected chi connectivity index (χ2v) is 6.21. The van der Waals surface area contributed by atoms with Crippen molar-refractivity contribution in [2.24, 2.45) is 0 Å². The molecule has 114 valence electrons. The molecule has 1 aliphatic rings. The lowest BCUT2D eigenvalue weighted by Crippen LogP contribution is -2.26. The molecule has 0 saturated heterocycles. The van der Waals surface area contributed by atoms with Gasteiger partial charge in [0.05, 0.1) is 11.3 Å². The first kappa shape index (κ1) is 15.4. The number of anilines is 2. The van der Waals surface area contributed by atoms with Crippen LogP contribution in [0.4, 0.5) is 10.7 Å². The van der Waals surface area contributed by atoms with E-state index in [1.807, 2.05) is 6.92 Å². The van der Waals surface area contributed by atoms with Crippen LogP contribution in [0.25, 0.3) is 0 Å². The number of thiophene rings is 1. The van der Waals surface area contributed by atoms with Crippen molar-refractivity contribution >= 4 is 33.8 Å². The van der Waals surface area contributed by atoms with Gasteiger partial charge in [0.1, 0.15) is 9.88 Å². The second-order valence-electron chi connectivity index (χ2n) is 5.19. The Balaban J connectivity index is 2.30. The Morgan fingerprint density at radius 1 is 1.38 bits per heavy atom. The van der Waals surface area contributed by atoms with E-state index in [0.717, 1.165) is 18.4 Å². The molecule has 1 saturated carbocycles. The maximum atomic E-state index is 12.2. The molecule has 1 aromatic rings. The first-order valence-electron chi connectivity index (χ1n) is 6.77. The van der Waals surface area contributed by atoms with Gasteiger partial charge in [-0.25, -0.2) is 0 Å². The van der Waals surface area contributed by atoms with E-state index in [1.165, 1.54) is 18.4 Å². The van der Waals surface area contributed by atoms with E-state index in [-0.39, 0.29) is 23.5 Å². The van der Waals surface area contributed by atoms with Crippen molar-refractivity contribution in [2.45, 2.75) is 25.8 Å². The summed E-state index contributed by atoms with van der Waals surface area (Å²) in [5.74, 6) is -0.521. The molecule has 21 heavy (non-hydrogen) atoms. The van der Waals surface area contributed by atoms with Gasteiger partial charge < -0.3 is 21.7 Å². The summed E-state index contributed by atoms with van der Waals surface area (Å²) >= 11 is 1.20. The van der Waals surface area contributed by atoms with Crippen LogP contribution in [0.5, 0.6) is 0 Å². The van der Waals surface area contributed by atoms with Gasteiger partial charge in [0.25, 0.3) is 11.8 Å². The molecule has 0 radical (unpaired) electrons. The summed E-state index contributed by atoms with van der Waals surface area (Å²) in [7, 11) is 1.53. The smallest absolute Gasteiger partial charge is 0.263 e. The molecule has 2 amide bonds. The average Bonchev–Trinajstić information content (AvgIpc) is 3.17. The predicted molar refractivity (Wildman–Crippen MR) is 85.9 cm³/mol. The predicted octanol–water partition coefficient (Wildman–Crippen LogP) is 1.57. The maximum absolute atomic E-state index is 12.2. The molecule has 0 bridgehead atoms. The van der Waals surface area contributed by atoms with Gasteiger partial charge in [0.2, 0.25) is 0 Å². The third-order valence-corrected chi connectivity index (χ3v) is 4.23. The van der Waals surface area contributed by atoms with Crippen molar-refractivity contribution in [3.8, 4) is 0 Å². The largest absolute Gasteiger partial charge is 0.397 e. The van der Waals surface area contributed by atoms with Gasteiger partial charge >= 0.3 is 0 Å². The Morgan fingerprint density at radius 2 is 2.05 bits per heavy atom. The highest BCUT2D eigenvalue weighted by Gasteiger charge is 2.29. The third-order valence-electron chi connectivity index (χ3n) is 3.07. The molecule has 1 fully saturated rings. The van der Waals surface area contributed by atoms with E-state index in [0.29, 0.717) is 22.0 Å². The number of carbonyl (C=O) groups excluding carboxylic acids is 2. The standard InChI is InChI=1S/C14H20N4O2S/c1-7(2)6-17-14-9(12(19)16-3)10(15)11(21-14)13(20)18-8-4-5-8/h8,17H,1,4-6,15H2,2-3H3,(H,16,19)(H,18,20). The minimum absolute atomic E-state index is 0.214. The number of rotatable bonds is 6. The van der Waals surface area contributed by atoms with Crippen molar-refractivity contribution in [3.05, 3.63) is 22.6 Å². The van der Waals surface area contributed by atoms with Crippen LogP contribution in [-0.2, 0) is 0 Å². The van der Waals surface area contributed by atoms with E-state index in [9.17, 15) is 9.59 Å². The van der Waals surface area contributed by atoms with Crippen LogP contribution < -0.4 is 21.7 Å². The Kier molecular flexibility index (Phi) is 4.52. The Morgan fingerprint density at radius 3 is 2.57 bits per heavy atom. The number of amides is 2. The molecule has 1 aliphatic carbocycles. The molecular weight excluding hydrogens is 288 g/mol. The molecule has 0 unspecified atom stereocenters. The monoisotopic (exact) mass is 308 g/mol. The van der Waals surface area contributed by atoms with Crippen LogP contribution in [0.1, 0.15) is 39.8 Å². The van der Waals surface area contributed by atoms with E-state index >= 15 is 0 Å². The molecule has 6 nitrogen and oxygen atoms in total. The van der Waals surface area contributed by atoms with E-state index in [1.54, 1.807) is 0 Å². The van der Waals surface area contributed by atoms with Crippen LogP contribution in [0.2, 0.25) is 0 Å². The number of hydrogen-bond acceptors (Lipinski definition) is 5. The quantitative estimate of drug-likeness (QED) is 0.600. The molecule has 0 atom stereocenters. The van der Waals surface area contributed by atoms with Gasteiger partial charge in [-0.2, -0.15) is 0 Å². The molecule has 0 spiro atoms. The van der Waals surface area contributed by atoms with E-state index < -0.39 is 0 Å². The first-order valence-corrected chi connectivity index (χ1v) is 7.59. The van der Waals surface area contributed by atoms with Crippen molar-refractivity contribution in [3.63, 3.8) is 0 Å². The fraction of sp³-hybridized carbons (Fsp3) is 0.429. The Labute approximate surface area is 127 Å². The van der Waals surface area contributed by atoms with Crippen LogP contribution in [-0.4, -0.2) is 31.4 Å². The zero-order valence-corrected chi connectivity index (χ0v) is 13.0. The number of nitrogen functional groups attached to an aromatic ring is 1. The van der Waals surface area contributed by atoms with Crippen molar-refractivity contribution in [2.75, 3.05) is 24.6 Å². The fourth-order valence-corrected chi connectivity index (χ4v) is 2.81. The minimum atomic E-state index is -0.307. The summed E-state index contributed by atoms with van der Waals surface area (Å²) in [6.45, 7) is 6.21. The van der Waals surface area contributed by atoms with Gasteiger partial charge in [0, 0.05) is 19.6 Å². The lowest BCUT2D eigenvalue weighted by atomic mass is 10.2. The first-order chi connectivity index (χ1) is 9.93. The number of hydrogen-bond donors (Lipinski definition) is 4. The highest BCUT2D eigenvalue weighted by atomic mass is 32.1. The van der Waals surface area contributed by atoms with Gasteiger partial charge in [-0.3, -0.25) is 9.59 Å². The molecular formula is C14H20N4O2S. The molecule has 1 heterocycles. The summed E-state index contributed by atoms with van der Waals surface area (Å²) in [6.07, 6.45) is 2.00. The van der Waals surface area contributed by atoms with Gasteiger partial charge in [0.15, 0.2) is 0 Å². The van der Waals surface area contributed by atoms with Gasteiger partial charge in [-0.1, -0.05) is 12.2 Å². The second kappa shape index (κ2) is 6.17. The van der Waals surface area contributed by atoms with Crippen LogP contribution >= 0.6 is 11.3 Å². The average molecular weight is 308 g/mol. The normalized spacial score (nSPS) is 13.6. The summed E-state index contributed by atoms with van der Waals surface area (Å²) < 4.78 is 0. The fourth-order valence-electron chi connectivity index (χ4n) is 1.80. The number of carbonyl (C=O) groups is 2. The number of nitrogens with two attached hydrogens (primary N) is 1. The zero-order chi connectivity index (χ0) is 15.6. The van der Waals surface area contributed by atoms with E-state index in [2.05, 4.69) is 22.5 Å². The Bertz CT molecular complexity index is 590. The van der Waals surface area contributed by atoms with Gasteiger partial charge in [-0.05, 0) is 19.8 Å². The van der Waals surface area contributed by atoms with Crippen LogP contribution in [0, 0.1) is 0 Å². The van der Waals surface area contributed by atoms with Gasteiger partial charge in [-0.15, -0.1) is 11.3 Å². The van der Waals surface area contributed by atoms with Crippen LogP contribution in [0.3, 0.4) is 0 Å². The molecule has 2 rings (SSSR count). The molecule has 0 aromatic carbocycles. The molecule has 0 aliphatic heterocycles. The SMILES string of the molecule is C=C(C)CNc1sc(C(=O)NC2CC2)c(N)c1C(=O)NC.